The van der Waals surface area contributed by atoms with Crippen molar-refractivity contribution in [2.75, 3.05) is 25.2 Å². The summed E-state index contributed by atoms with van der Waals surface area (Å²) in [4.78, 5) is 27.4. The maximum Gasteiger partial charge on any atom is 0.339 e. The number of carbonyl (C=O) groups is 2. The minimum Gasteiger partial charge on any atom is -0.486 e. The topological polar surface area (TPSA) is 65.1 Å². The molecule has 0 atom stereocenters. The van der Waals surface area contributed by atoms with Crippen molar-refractivity contribution in [2.24, 2.45) is 0 Å². The van der Waals surface area contributed by atoms with E-state index >= 15 is 0 Å². The molecule has 4 rings (SSSR count). The number of carbonyl (C=O) groups excluding carboxylic acids is 2. The molecule has 0 aliphatic carbocycles. The van der Waals surface area contributed by atoms with Crippen molar-refractivity contribution >= 4 is 33.5 Å². The Hall–Kier alpha value is -3.32. The van der Waals surface area contributed by atoms with Gasteiger partial charge in [-0.2, -0.15) is 0 Å². The summed E-state index contributed by atoms with van der Waals surface area (Å²) in [6.45, 7) is 0.987. The third-order valence-corrected chi connectivity index (χ3v) is 5.63. The number of ether oxygens (including phenoxy) is 3. The normalized spacial score (nSPS) is 12.2. The maximum atomic E-state index is 13.0. The molecule has 6 nitrogen and oxygen atoms in total. The van der Waals surface area contributed by atoms with E-state index in [2.05, 4.69) is 15.9 Å². The molecule has 0 unspecified atom stereocenters. The van der Waals surface area contributed by atoms with Crippen LogP contribution in [0.2, 0.25) is 0 Å². The van der Waals surface area contributed by atoms with Crippen LogP contribution in [-0.2, 0) is 11.3 Å². The average molecular weight is 482 g/mol. The van der Waals surface area contributed by atoms with Gasteiger partial charge in [0.05, 0.1) is 11.1 Å². The first-order valence-corrected chi connectivity index (χ1v) is 10.5. The Balaban J connectivity index is 1.52. The average Bonchev–Trinajstić information content (AvgIpc) is 2.82. The van der Waals surface area contributed by atoms with Crippen LogP contribution >= 0.6 is 15.9 Å². The van der Waals surface area contributed by atoms with Gasteiger partial charge in [0.2, 0.25) is 0 Å². The quantitative estimate of drug-likeness (QED) is 0.487. The molecule has 1 aliphatic heterocycles. The number of halogens is 1. The zero-order valence-electron chi connectivity index (χ0n) is 16.8. The van der Waals surface area contributed by atoms with Gasteiger partial charge in [0.15, 0.2) is 11.5 Å². The molecule has 158 valence electrons. The highest BCUT2D eigenvalue weighted by Gasteiger charge is 2.22. The van der Waals surface area contributed by atoms with Crippen molar-refractivity contribution in [3.8, 4) is 11.5 Å². The largest absolute Gasteiger partial charge is 0.486 e. The highest BCUT2D eigenvalue weighted by molar-refractivity contribution is 9.10. The molecule has 0 N–H and O–H groups in total. The summed E-state index contributed by atoms with van der Waals surface area (Å²) in [5, 5.41) is 0. The Morgan fingerprint density at radius 1 is 0.935 bits per heavy atom. The first kappa shape index (κ1) is 20.9. The lowest BCUT2D eigenvalue weighted by Crippen LogP contribution is -2.28. The molecule has 3 aromatic carbocycles. The lowest BCUT2D eigenvalue weighted by Gasteiger charge is -2.20. The second kappa shape index (κ2) is 9.22. The van der Waals surface area contributed by atoms with E-state index in [0.29, 0.717) is 24.7 Å². The Labute approximate surface area is 188 Å². The van der Waals surface area contributed by atoms with Gasteiger partial charge < -0.3 is 19.1 Å². The summed E-state index contributed by atoms with van der Waals surface area (Å²) in [6.07, 6.45) is 0. The summed E-state index contributed by atoms with van der Waals surface area (Å²) in [5.74, 6) is 0.389. The number of benzene rings is 3. The Morgan fingerprint density at radius 2 is 1.55 bits per heavy atom. The van der Waals surface area contributed by atoms with Crippen molar-refractivity contribution in [2.45, 2.75) is 6.61 Å². The lowest BCUT2D eigenvalue weighted by molar-refractivity contribution is 0.0468. The number of nitrogens with zero attached hydrogens (tertiary/aromatic N) is 1. The second-order valence-electron chi connectivity index (χ2n) is 6.91. The van der Waals surface area contributed by atoms with Crippen molar-refractivity contribution in [1.82, 2.24) is 0 Å². The maximum absolute atomic E-state index is 13.0. The van der Waals surface area contributed by atoms with E-state index in [1.165, 1.54) is 4.90 Å². The molecule has 1 amide bonds. The monoisotopic (exact) mass is 481 g/mol. The van der Waals surface area contributed by atoms with Crippen LogP contribution in [0.5, 0.6) is 11.5 Å². The van der Waals surface area contributed by atoms with Gasteiger partial charge in [0, 0.05) is 22.8 Å². The fourth-order valence-electron chi connectivity index (χ4n) is 3.23. The summed E-state index contributed by atoms with van der Waals surface area (Å²) in [7, 11) is 1.67. The van der Waals surface area contributed by atoms with Gasteiger partial charge >= 0.3 is 5.97 Å². The fourth-order valence-corrected chi connectivity index (χ4v) is 3.67. The van der Waals surface area contributed by atoms with Gasteiger partial charge in [-0.25, -0.2) is 4.79 Å². The van der Waals surface area contributed by atoms with Gasteiger partial charge in [-0.15, -0.1) is 0 Å². The zero-order valence-corrected chi connectivity index (χ0v) is 18.4. The van der Waals surface area contributed by atoms with Crippen LogP contribution in [-0.4, -0.2) is 32.1 Å². The van der Waals surface area contributed by atoms with Gasteiger partial charge in [-0.3, -0.25) is 4.79 Å². The van der Waals surface area contributed by atoms with E-state index in [0.717, 1.165) is 15.7 Å². The summed E-state index contributed by atoms with van der Waals surface area (Å²) in [5.41, 5.74) is 1.96. The molecule has 31 heavy (non-hydrogen) atoms. The molecule has 0 spiro atoms. The molecule has 1 heterocycles. The predicted octanol–water partition coefficient (Wildman–Crippen LogP) is 4.85. The molecule has 0 radical (unpaired) electrons. The number of esters is 1. The van der Waals surface area contributed by atoms with E-state index in [1.54, 1.807) is 43.4 Å². The van der Waals surface area contributed by atoms with Crippen LogP contribution in [0.15, 0.2) is 71.2 Å². The van der Waals surface area contributed by atoms with Gasteiger partial charge in [0.25, 0.3) is 5.91 Å². The van der Waals surface area contributed by atoms with E-state index in [4.69, 9.17) is 14.2 Å². The Bertz CT molecular complexity index is 1120. The van der Waals surface area contributed by atoms with Crippen molar-refractivity contribution in [1.29, 1.82) is 0 Å². The standard InChI is InChI=1S/C24H20BrNO5/c1-26(17-7-3-2-4-8-17)23(27)18-9-5-6-10-19(18)24(28)31-15-16-13-21-22(14-20(16)25)30-12-11-29-21/h2-10,13-14H,11-12,15H2,1H3. The molecule has 7 heteroatoms. The molecule has 0 bridgehead atoms. The molecular formula is C24H20BrNO5. The number of anilines is 1. The first-order chi connectivity index (χ1) is 15.0. The van der Waals surface area contributed by atoms with E-state index < -0.39 is 5.97 Å². The van der Waals surface area contributed by atoms with Crippen LogP contribution in [0.1, 0.15) is 26.3 Å². The van der Waals surface area contributed by atoms with Crippen LogP contribution in [0.4, 0.5) is 5.69 Å². The first-order valence-electron chi connectivity index (χ1n) is 9.72. The highest BCUT2D eigenvalue weighted by atomic mass is 79.9. The smallest absolute Gasteiger partial charge is 0.339 e. The second-order valence-corrected chi connectivity index (χ2v) is 7.76. The zero-order chi connectivity index (χ0) is 21.8. The molecule has 0 aromatic heterocycles. The predicted molar refractivity (Wildman–Crippen MR) is 120 cm³/mol. The molecular weight excluding hydrogens is 462 g/mol. The SMILES string of the molecule is CN(C(=O)c1ccccc1C(=O)OCc1cc2c(cc1Br)OCCO2)c1ccccc1. The third-order valence-electron chi connectivity index (χ3n) is 4.90. The van der Waals surface area contributed by atoms with Crippen LogP contribution < -0.4 is 14.4 Å². The van der Waals surface area contributed by atoms with E-state index in [-0.39, 0.29) is 23.6 Å². The molecule has 0 saturated heterocycles. The Kier molecular flexibility index (Phi) is 6.23. The molecule has 1 aliphatic rings. The summed E-state index contributed by atoms with van der Waals surface area (Å²) >= 11 is 3.48. The molecule has 3 aromatic rings. The number of hydrogen-bond donors (Lipinski definition) is 0. The van der Waals surface area contributed by atoms with E-state index in [9.17, 15) is 9.59 Å². The van der Waals surface area contributed by atoms with Crippen LogP contribution in [0, 0.1) is 0 Å². The Morgan fingerprint density at radius 3 is 2.26 bits per heavy atom. The van der Waals surface area contributed by atoms with Gasteiger partial charge in [0.1, 0.15) is 19.8 Å². The minimum atomic E-state index is -0.577. The van der Waals surface area contributed by atoms with Gasteiger partial charge in [-0.1, -0.05) is 46.3 Å². The number of para-hydroxylation sites is 1. The van der Waals surface area contributed by atoms with Crippen LogP contribution in [0.3, 0.4) is 0 Å². The van der Waals surface area contributed by atoms with Crippen molar-refractivity contribution in [3.63, 3.8) is 0 Å². The fraction of sp³-hybridized carbons (Fsp3) is 0.167. The number of fused-ring (bicyclic) bond motifs is 1. The molecule has 0 saturated carbocycles. The van der Waals surface area contributed by atoms with Crippen molar-refractivity contribution in [3.05, 3.63) is 87.9 Å². The third kappa shape index (κ3) is 4.56. The number of amides is 1. The number of hydrogen-bond acceptors (Lipinski definition) is 5. The lowest BCUT2D eigenvalue weighted by atomic mass is 10.1. The van der Waals surface area contributed by atoms with Crippen LogP contribution in [0.25, 0.3) is 0 Å². The molecule has 0 fully saturated rings. The van der Waals surface area contributed by atoms with Gasteiger partial charge in [-0.05, 0) is 36.4 Å². The highest BCUT2D eigenvalue weighted by Crippen LogP contribution is 2.36. The number of rotatable bonds is 5. The summed E-state index contributed by atoms with van der Waals surface area (Å²) in [6, 6.07) is 19.5. The minimum absolute atomic E-state index is 0.0209. The summed E-state index contributed by atoms with van der Waals surface area (Å²) < 4.78 is 17.4. The van der Waals surface area contributed by atoms with Crippen molar-refractivity contribution < 1.29 is 23.8 Å². The van der Waals surface area contributed by atoms with E-state index in [1.807, 2.05) is 30.3 Å².